The molecule has 0 bridgehead atoms. The van der Waals surface area contributed by atoms with Crippen LogP contribution in [0.4, 0.5) is 8.78 Å². The van der Waals surface area contributed by atoms with Gasteiger partial charge in [0.2, 0.25) is 5.91 Å². The summed E-state index contributed by atoms with van der Waals surface area (Å²) >= 11 is 1.47. The lowest BCUT2D eigenvalue weighted by Crippen LogP contribution is -2.28. The number of aryl methyl sites for hydroxylation is 1. The molecule has 3 nitrogen and oxygen atoms in total. The van der Waals surface area contributed by atoms with Gasteiger partial charge >= 0.3 is 0 Å². The third-order valence-corrected chi connectivity index (χ3v) is 3.64. The number of halogens is 2. The molecule has 1 N–H and O–H groups in total. The minimum Gasteiger partial charge on any atom is -0.349 e. The first-order chi connectivity index (χ1) is 9.45. The van der Waals surface area contributed by atoms with Gasteiger partial charge in [0.05, 0.1) is 23.2 Å². The predicted octanol–water partition coefficient (Wildman–Crippen LogP) is 3.15. The number of carbonyl (C=O) groups is 1. The van der Waals surface area contributed by atoms with Gasteiger partial charge in [0.15, 0.2) is 0 Å². The van der Waals surface area contributed by atoms with E-state index in [1.807, 2.05) is 12.3 Å². The standard InChI is InChI=1S/C14H14F2N2OS/c1-8(12-4-3-10(15)5-13(12)16)17-14(19)6-11-7-20-9(2)18-11/h3-5,7-8H,6H2,1-2H3,(H,17,19). The largest absolute Gasteiger partial charge is 0.349 e. The minimum atomic E-state index is -0.665. The number of rotatable bonds is 4. The maximum absolute atomic E-state index is 13.6. The van der Waals surface area contributed by atoms with Crippen molar-refractivity contribution in [2.75, 3.05) is 0 Å². The lowest BCUT2D eigenvalue weighted by Gasteiger charge is -2.14. The van der Waals surface area contributed by atoms with Crippen LogP contribution in [-0.2, 0) is 11.2 Å². The molecule has 6 heteroatoms. The van der Waals surface area contributed by atoms with Gasteiger partial charge in [-0.05, 0) is 19.9 Å². The number of nitrogens with one attached hydrogen (secondary N) is 1. The van der Waals surface area contributed by atoms with Crippen LogP contribution in [0.3, 0.4) is 0 Å². The maximum atomic E-state index is 13.6. The highest BCUT2D eigenvalue weighted by atomic mass is 32.1. The molecule has 1 amide bonds. The Kier molecular flexibility index (Phi) is 4.44. The van der Waals surface area contributed by atoms with Crippen molar-refractivity contribution in [3.05, 3.63) is 51.5 Å². The fourth-order valence-electron chi connectivity index (χ4n) is 1.88. The highest BCUT2D eigenvalue weighted by molar-refractivity contribution is 7.09. The molecule has 0 spiro atoms. The zero-order valence-electron chi connectivity index (χ0n) is 11.1. The summed E-state index contributed by atoms with van der Waals surface area (Å²) in [6.07, 6.45) is 0.150. The highest BCUT2D eigenvalue weighted by Gasteiger charge is 2.15. The van der Waals surface area contributed by atoms with Gasteiger partial charge in [0, 0.05) is 17.0 Å². The highest BCUT2D eigenvalue weighted by Crippen LogP contribution is 2.18. The summed E-state index contributed by atoms with van der Waals surface area (Å²) in [5.41, 5.74) is 0.950. The molecule has 1 aromatic carbocycles. The first-order valence-electron chi connectivity index (χ1n) is 6.11. The first-order valence-corrected chi connectivity index (χ1v) is 6.99. The van der Waals surface area contributed by atoms with E-state index in [2.05, 4.69) is 10.3 Å². The Bertz CT molecular complexity index is 627. The van der Waals surface area contributed by atoms with Crippen molar-refractivity contribution < 1.29 is 13.6 Å². The van der Waals surface area contributed by atoms with E-state index in [0.717, 1.165) is 11.1 Å². The van der Waals surface area contributed by atoms with Crippen molar-refractivity contribution in [3.63, 3.8) is 0 Å². The van der Waals surface area contributed by atoms with E-state index < -0.39 is 17.7 Å². The molecule has 1 heterocycles. The third-order valence-electron chi connectivity index (χ3n) is 2.81. The monoisotopic (exact) mass is 296 g/mol. The summed E-state index contributed by atoms with van der Waals surface area (Å²) in [6.45, 7) is 3.52. The van der Waals surface area contributed by atoms with Gasteiger partial charge in [-0.15, -0.1) is 11.3 Å². The maximum Gasteiger partial charge on any atom is 0.226 e. The zero-order chi connectivity index (χ0) is 14.7. The van der Waals surface area contributed by atoms with Crippen molar-refractivity contribution in [3.8, 4) is 0 Å². The third kappa shape index (κ3) is 3.60. The van der Waals surface area contributed by atoms with Crippen LogP contribution < -0.4 is 5.32 Å². The molecule has 0 radical (unpaired) electrons. The van der Waals surface area contributed by atoms with Crippen LogP contribution in [0.5, 0.6) is 0 Å². The van der Waals surface area contributed by atoms with Crippen LogP contribution >= 0.6 is 11.3 Å². The van der Waals surface area contributed by atoms with Crippen molar-refractivity contribution >= 4 is 17.2 Å². The van der Waals surface area contributed by atoms with Gasteiger partial charge in [0.25, 0.3) is 0 Å². The Hall–Kier alpha value is -1.82. The van der Waals surface area contributed by atoms with E-state index in [1.54, 1.807) is 6.92 Å². The molecule has 0 aliphatic carbocycles. The smallest absolute Gasteiger partial charge is 0.226 e. The van der Waals surface area contributed by atoms with E-state index in [9.17, 15) is 13.6 Å². The van der Waals surface area contributed by atoms with Crippen molar-refractivity contribution in [1.82, 2.24) is 10.3 Å². The lowest BCUT2D eigenvalue weighted by molar-refractivity contribution is -0.121. The van der Waals surface area contributed by atoms with Crippen LogP contribution in [-0.4, -0.2) is 10.9 Å². The average molecular weight is 296 g/mol. The summed E-state index contributed by atoms with van der Waals surface area (Å²) in [6, 6.07) is 2.79. The van der Waals surface area contributed by atoms with E-state index in [4.69, 9.17) is 0 Å². The summed E-state index contributed by atoms with van der Waals surface area (Å²) in [5.74, 6) is -1.54. The van der Waals surface area contributed by atoms with Crippen LogP contribution in [0.25, 0.3) is 0 Å². The molecule has 1 atom stereocenters. The Balaban J connectivity index is 2.00. The second kappa shape index (κ2) is 6.09. The van der Waals surface area contributed by atoms with Gasteiger partial charge in [-0.2, -0.15) is 0 Å². The van der Waals surface area contributed by atoms with Crippen LogP contribution in [0.15, 0.2) is 23.6 Å². The fraction of sp³-hybridized carbons (Fsp3) is 0.286. The number of hydrogen-bond donors (Lipinski definition) is 1. The Morgan fingerprint density at radius 3 is 2.80 bits per heavy atom. The quantitative estimate of drug-likeness (QED) is 0.941. The van der Waals surface area contributed by atoms with Crippen LogP contribution in [0.2, 0.25) is 0 Å². The summed E-state index contributed by atoms with van der Waals surface area (Å²) in [5, 5.41) is 5.39. The van der Waals surface area contributed by atoms with Crippen LogP contribution in [0, 0.1) is 18.6 Å². The number of nitrogens with zero attached hydrogens (tertiary/aromatic N) is 1. The van der Waals surface area contributed by atoms with Crippen molar-refractivity contribution in [2.45, 2.75) is 26.3 Å². The van der Waals surface area contributed by atoms with E-state index in [1.165, 1.54) is 23.5 Å². The normalized spacial score (nSPS) is 12.2. The molecular weight excluding hydrogens is 282 g/mol. The summed E-state index contributed by atoms with van der Waals surface area (Å²) in [4.78, 5) is 16.0. The number of carbonyl (C=O) groups excluding carboxylic acids is 1. The fourth-order valence-corrected chi connectivity index (χ4v) is 2.49. The Labute approximate surface area is 119 Å². The minimum absolute atomic E-state index is 0.150. The number of hydrogen-bond acceptors (Lipinski definition) is 3. The lowest BCUT2D eigenvalue weighted by atomic mass is 10.1. The molecular formula is C14H14F2N2OS. The average Bonchev–Trinajstić information content (AvgIpc) is 2.74. The molecule has 0 saturated carbocycles. The molecule has 20 heavy (non-hydrogen) atoms. The summed E-state index contributed by atoms with van der Waals surface area (Å²) in [7, 11) is 0. The first kappa shape index (κ1) is 14.6. The summed E-state index contributed by atoms with van der Waals surface area (Å²) < 4.78 is 26.4. The molecule has 0 fully saturated rings. The molecule has 2 rings (SSSR count). The SMILES string of the molecule is Cc1nc(CC(=O)NC(C)c2ccc(F)cc2F)cs1. The number of aromatic nitrogens is 1. The van der Waals surface area contributed by atoms with Gasteiger partial charge < -0.3 is 5.32 Å². The Morgan fingerprint density at radius 2 is 2.20 bits per heavy atom. The van der Waals surface area contributed by atoms with Crippen molar-refractivity contribution in [2.24, 2.45) is 0 Å². The van der Waals surface area contributed by atoms with Gasteiger partial charge in [0.1, 0.15) is 11.6 Å². The van der Waals surface area contributed by atoms with E-state index in [-0.39, 0.29) is 17.9 Å². The predicted molar refractivity (Wildman–Crippen MR) is 73.5 cm³/mol. The van der Waals surface area contributed by atoms with E-state index in [0.29, 0.717) is 5.69 Å². The molecule has 0 saturated heterocycles. The molecule has 0 aliphatic heterocycles. The van der Waals surface area contributed by atoms with Gasteiger partial charge in [-0.25, -0.2) is 13.8 Å². The molecule has 1 unspecified atom stereocenters. The van der Waals surface area contributed by atoms with Crippen LogP contribution in [0.1, 0.15) is 29.2 Å². The topological polar surface area (TPSA) is 42.0 Å². The number of benzene rings is 1. The second-order valence-corrected chi connectivity index (χ2v) is 5.55. The van der Waals surface area contributed by atoms with Gasteiger partial charge in [-0.3, -0.25) is 4.79 Å². The molecule has 2 aromatic rings. The molecule has 1 aromatic heterocycles. The second-order valence-electron chi connectivity index (χ2n) is 4.49. The zero-order valence-corrected chi connectivity index (χ0v) is 11.9. The van der Waals surface area contributed by atoms with E-state index >= 15 is 0 Å². The van der Waals surface area contributed by atoms with Crippen molar-refractivity contribution in [1.29, 1.82) is 0 Å². The number of amides is 1. The molecule has 106 valence electrons. The van der Waals surface area contributed by atoms with Gasteiger partial charge in [-0.1, -0.05) is 6.07 Å². The molecule has 0 aliphatic rings. The number of thiazole rings is 1. The Morgan fingerprint density at radius 1 is 1.45 bits per heavy atom.